The standard InChI is InChI=1S/C20H23FN2O5S/c1-3-28-20(25)15-6-10-17(11-7-15)22-19(24)5-4-14-23(29(2,26)27)18-12-8-16(21)9-13-18/h6-13H,3-5,14H2,1-2H3,(H,22,24). The maximum absolute atomic E-state index is 13.1. The molecule has 7 nitrogen and oxygen atoms in total. The first kappa shape index (κ1) is 22.4. The number of nitrogens with zero attached hydrogens (tertiary/aromatic N) is 1. The lowest BCUT2D eigenvalue weighted by molar-refractivity contribution is -0.116. The van der Waals surface area contributed by atoms with E-state index in [0.717, 1.165) is 10.6 Å². The van der Waals surface area contributed by atoms with Crippen molar-refractivity contribution in [3.05, 3.63) is 59.9 Å². The molecule has 0 aromatic heterocycles. The minimum Gasteiger partial charge on any atom is -0.462 e. The van der Waals surface area contributed by atoms with Crippen molar-refractivity contribution in [2.24, 2.45) is 0 Å². The van der Waals surface area contributed by atoms with E-state index >= 15 is 0 Å². The van der Waals surface area contributed by atoms with Crippen molar-refractivity contribution in [2.45, 2.75) is 19.8 Å². The summed E-state index contributed by atoms with van der Waals surface area (Å²) in [4.78, 5) is 23.7. The van der Waals surface area contributed by atoms with Crippen LogP contribution in [0.1, 0.15) is 30.1 Å². The Morgan fingerprint density at radius 1 is 1.07 bits per heavy atom. The van der Waals surface area contributed by atoms with Gasteiger partial charge in [0.15, 0.2) is 0 Å². The van der Waals surface area contributed by atoms with Crippen LogP contribution in [-0.2, 0) is 19.6 Å². The zero-order valence-electron chi connectivity index (χ0n) is 16.2. The highest BCUT2D eigenvalue weighted by atomic mass is 32.2. The molecule has 0 spiro atoms. The van der Waals surface area contributed by atoms with Gasteiger partial charge in [-0.25, -0.2) is 17.6 Å². The molecule has 0 bridgehead atoms. The molecule has 2 rings (SSSR count). The first-order valence-electron chi connectivity index (χ1n) is 9.01. The van der Waals surface area contributed by atoms with E-state index in [4.69, 9.17) is 4.74 Å². The normalized spacial score (nSPS) is 11.0. The fraction of sp³-hybridized carbons (Fsp3) is 0.300. The molecular formula is C20H23FN2O5S. The number of rotatable bonds is 9. The molecule has 2 aromatic carbocycles. The zero-order valence-corrected chi connectivity index (χ0v) is 17.0. The second-order valence-electron chi connectivity index (χ2n) is 6.26. The summed E-state index contributed by atoms with van der Waals surface area (Å²) in [5.74, 6) is -1.19. The number of sulfonamides is 1. The van der Waals surface area contributed by atoms with E-state index < -0.39 is 21.8 Å². The van der Waals surface area contributed by atoms with Gasteiger partial charge in [-0.3, -0.25) is 9.10 Å². The molecule has 9 heteroatoms. The molecular weight excluding hydrogens is 399 g/mol. The van der Waals surface area contributed by atoms with Crippen molar-refractivity contribution in [3.8, 4) is 0 Å². The average Bonchev–Trinajstić information content (AvgIpc) is 2.66. The van der Waals surface area contributed by atoms with Crippen LogP contribution in [0.25, 0.3) is 0 Å². The second-order valence-corrected chi connectivity index (χ2v) is 8.17. The van der Waals surface area contributed by atoms with E-state index in [2.05, 4.69) is 5.32 Å². The van der Waals surface area contributed by atoms with Crippen LogP contribution in [-0.4, -0.2) is 39.7 Å². The summed E-state index contributed by atoms with van der Waals surface area (Å²) in [6, 6.07) is 11.4. The molecule has 0 heterocycles. The van der Waals surface area contributed by atoms with Gasteiger partial charge in [-0.05, 0) is 61.9 Å². The Labute approximate surface area is 169 Å². The summed E-state index contributed by atoms with van der Waals surface area (Å²) in [6.07, 6.45) is 1.42. The van der Waals surface area contributed by atoms with Crippen LogP contribution in [0.15, 0.2) is 48.5 Å². The van der Waals surface area contributed by atoms with Crippen molar-refractivity contribution in [1.82, 2.24) is 0 Å². The van der Waals surface area contributed by atoms with Gasteiger partial charge in [0, 0.05) is 18.7 Å². The van der Waals surface area contributed by atoms with Crippen LogP contribution in [0, 0.1) is 5.82 Å². The number of benzene rings is 2. The van der Waals surface area contributed by atoms with Crippen molar-refractivity contribution >= 4 is 33.3 Å². The molecule has 0 unspecified atom stereocenters. The summed E-state index contributed by atoms with van der Waals surface area (Å²) in [7, 11) is -3.57. The van der Waals surface area contributed by atoms with Gasteiger partial charge >= 0.3 is 5.97 Å². The van der Waals surface area contributed by atoms with Crippen LogP contribution in [0.2, 0.25) is 0 Å². The molecule has 2 aromatic rings. The Bertz CT molecular complexity index is 944. The van der Waals surface area contributed by atoms with Crippen molar-refractivity contribution in [1.29, 1.82) is 0 Å². The summed E-state index contributed by atoms with van der Waals surface area (Å²) < 4.78 is 43.1. The molecule has 0 atom stereocenters. The van der Waals surface area contributed by atoms with Crippen LogP contribution in [0.3, 0.4) is 0 Å². The molecule has 0 fully saturated rings. The topological polar surface area (TPSA) is 92.8 Å². The van der Waals surface area contributed by atoms with Crippen LogP contribution in [0.5, 0.6) is 0 Å². The molecule has 0 aliphatic rings. The molecule has 29 heavy (non-hydrogen) atoms. The predicted octanol–water partition coefficient (Wildman–Crippen LogP) is 3.19. The monoisotopic (exact) mass is 422 g/mol. The largest absolute Gasteiger partial charge is 0.462 e. The number of hydrogen-bond acceptors (Lipinski definition) is 5. The third-order valence-electron chi connectivity index (χ3n) is 3.96. The van der Waals surface area contributed by atoms with Gasteiger partial charge in [-0.2, -0.15) is 0 Å². The van der Waals surface area contributed by atoms with Gasteiger partial charge in [0.1, 0.15) is 5.82 Å². The van der Waals surface area contributed by atoms with Crippen molar-refractivity contribution < 1.29 is 27.1 Å². The van der Waals surface area contributed by atoms with Gasteiger partial charge in [-0.1, -0.05) is 0 Å². The van der Waals surface area contributed by atoms with Gasteiger partial charge in [0.05, 0.1) is 24.1 Å². The van der Waals surface area contributed by atoms with E-state index in [1.165, 1.54) is 24.3 Å². The summed E-state index contributed by atoms with van der Waals surface area (Å²) >= 11 is 0. The SMILES string of the molecule is CCOC(=O)c1ccc(NC(=O)CCCN(c2ccc(F)cc2)S(C)(=O)=O)cc1. The predicted molar refractivity (Wildman–Crippen MR) is 109 cm³/mol. The molecule has 0 aliphatic carbocycles. The first-order valence-corrected chi connectivity index (χ1v) is 10.9. The van der Waals surface area contributed by atoms with Gasteiger partial charge in [-0.15, -0.1) is 0 Å². The Morgan fingerprint density at radius 3 is 2.24 bits per heavy atom. The molecule has 156 valence electrons. The quantitative estimate of drug-likeness (QED) is 0.627. The summed E-state index contributed by atoms with van der Waals surface area (Å²) in [5, 5.41) is 2.69. The second kappa shape index (κ2) is 10.0. The third-order valence-corrected chi connectivity index (χ3v) is 5.15. The Morgan fingerprint density at radius 2 is 1.69 bits per heavy atom. The van der Waals surface area contributed by atoms with E-state index in [0.29, 0.717) is 16.9 Å². The van der Waals surface area contributed by atoms with Crippen LogP contribution < -0.4 is 9.62 Å². The van der Waals surface area contributed by atoms with Gasteiger partial charge in [0.25, 0.3) is 0 Å². The number of nitrogens with one attached hydrogen (secondary N) is 1. The van der Waals surface area contributed by atoms with E-state index in [-0.39, 0.29) is 31.9 Å². The Kier molecular flexibility index (Phi) is 7.72. The zero-order chi connectivity index (χ0) is 21.4. The lowest BCUT2D eigenvalue weighted by Gasteiger charge is -2.22. The maximum Gasteiger partial charge on any atom is 0.338 e. The number of anilines is 2. The van der Waals surface area contributed by atoms with E-state index in [1.54, 1.807) is 31.2 Å². The molecule has 1 N–H and O–H groups in total. The number of carbonyl (C=O) groups excluding carboxylic acids is 2. The Hall–Kier alpha value is -2.94. The fourth-order valence-electron chi connectivity index (χ4n) is 2.60. The van der Waals surface area contributed by atoms with E-state index in [1.807, 2.05) is 0 Å². The highest BCUT2D eigenvalue weighted by molar-refractivity contribution is 7.92. The minimum absolute atomic E-state index is 0.0830. The summed E-state index contributed by atoms with van der Waals surface area (Å²) in [6.45, 7) is 2.08. The maximum atomic E-state index is 13.1. The molecule has 1 amide bonds. The number of halogens is 1. The van der Waals surface area contributed by atoms with Crippen LogP contribution in [0.4, 0.5) is 15.8 Å². The number of amides is 1. The highest BCUT2D eigenvalue weighted by Crippen LogP contribution is 2.19. The first-order chi connectivity index (χ1) is 13.7. The molecule has 0 saturated heterocycles. The number of esters is 1. The average molecular weight is 422 g/mol. The molecule has 0 aliphatic heterocycles. The van der Waals surface area contributed by atoms with Crippen molar-refractivity contribution in [2.75, 3.05) is 29.0 Å². The van der Waals surface area contributed by atoms with Crippen molar-refractivity contribution in [3.63, 3.8) is 0 Å². The number of ether oxygens (including phenoxy) is 1. The molecule has 0 saturated carbocycles. The fourth-order valence-corrected chi connectivity index (χ4v) is 3.57. The minimum atomic E-state index is -3.57. The lowest BCUT2D eigenvalue weighted by atomic mass is 10.2. The number of hydrogen-bond donors (Lipinski definition) is 1. The van der Waals surface area contributed by atoms with Crippen LogP contribution >= 0.6 is 0 Å². The smallest absolute Gasteiger partial charge is 0.338 e. The Balaban J connectivity index is 1.90. The third kappa shape index (κ3) is 6.86. The molecule has 0 radical (unpaired) electrons. The van der Waals surface area contributed by atoms with E-state index in [9.17, 15) is 22.4 Å². The number of carbonyl (C=O) groups is 2. The lowest BCUT2D eigenvalue weighted by Crippen LogP contribution is -2.31. The van der Waals surface area contributed by atoms with Gasteiger partial charge < -0.3 is 10.1 Å². The summed E-state index contributed by atoms with van der Waals surface area (Å²) in [5.41, 5.74) is 1.23. The highest BCUT2D eigenvalue weighted by Gasteiger charge is 2.17. The van der Waals surface area contributed by atoms with Gasteiger partial charge in [0.2, 0.25) is 15.9 Å².